The fraction of sp³-hybridized carbons (Fsp3) is 0.400. The van der Waals surface area contributed by atoms with E-state index in [4.69, 9.17) is 0 Å². The minimum Gasteiger partial charge on any atom is -0.370 e. The summed E-state index contributed by atoms with van der Waals surface area (Å²) in [5.41, 5.74) is 1.91. The van der Waals surface area contributed by atoms with E-state index in [1.807, 2.05) is 13.0 Å². The Morgan fingerprint density at radius 1 is 1.22 bits per heavy atom. The zero-order valence-corrected chi connectivity index (χ0v) is 11.3. The number of pyridine rings is 1. The number of halogens is 1. The van der Waals surface area contributed by atoms with Gasteiger partial charge in [0.25, 0.3) is 0 Å². The summed E-state index contributed by atoms with van der Waals surface area (Å²) in [6, 6.07) is 6.73. The van der Waals surface area contributed by atoms with Gasteiger partial charge in [-0.2, -0.15) is 0 Å². The maximum Gasteiger partial charge on any atom is 0.130 e. The molecule has 18 heavy (non-hydrogen) atoms. The second-order valence-corrected chi connectivity index (χ2v) is 5.50. The van der Waals surface area contributed by atoms with Gasteiger partial charge in [0.05, 0.1) is 5.52 Å². The van der Waals surface area contributed by atoms with Crippen LogP contribution < -0.4 is 5.32 Å². The monoisotopic (exact) mass is 246 g/mol. The van der Waals surface area contributed by atoms with Gasteiger partial charge in [-0.3, -0.25) is 0 Å². The first-order chi connectivity index (χ1) is 8.41. The smallest absolute Gasteiger partial charge is 0.130 e. The number of anilines is 1. The molecule has 0 spiro atoms. The first-order valence-electron chi connectivity index (χ1n) is 6.26. The van der Waals surface area contributed by atoms with Crippen LogP contribution in [0.4, 0.5) is 10.2 Å². The lowest BCUT2D eigenvalue weighted by Gasteiger charge is -2.23. The van der Waals surface area contributed by atoms with Gasteiger partial charge in [-0.15, -0.1) is 0 Å². The molecule has 1 heterocycles. The fourth-order valence-corrected chi connectivity index (χ4v) is 2.02. The van der Waals surface area contributed by atoms with E-state index in [1.54, 1.807) is 6.07 Å². The highest BCUT2D eigenvalue weighted by Crippen LogP contribution is 2.31. The predicted octanol–water partition coefficient (Wildman–Crippen LogP) is 4.10. The van der Waals surface area contributed by atoms with Crippen molar-refractivity contribution in [1.29, 1.82) is 0 Å². The lowest BCUT2D eigenvalue weighted by Crippen LogP contribution is -2.16. The van der Waals surface area contributed by atoms with Crippen LogP contribution in [0, 0.1) is 5.82 Å². The Hall–Kier alpha value is -1.64. The summed E-state index contributed by atoms with van der Waals surface area (Å²) in [7, 11) is 0. The molecule has 0 saturated heterocycles. The van der Waals surface area contributed by atoms with Gasteiger partial charge in [0.15, 0.2) is 0 Å². The van der Waals surface area contributed by atoms with Crippen LogP contribution >= 0.6 is 0 Å². The Morgan fingerprint density at radius 2 is 1.94 bits per heavy atom. The van der Waals surface area contributed by atoms with E-state index < -0.39 is 0 Å². The van der Waals surface area contributed by atoms with Crippen LogP contribution in [-0.2, 0) is 5.41 Å². The van der Waals surface area contributed by atoms with Crippen LogP contribution in [0.3, 0.4) is 0 Å². The van der Waals surface area contributed by atoms with E-state index in [1.165, 1.54) is 12.1 Å². The van der Waals surface area contributed by atoms with E-state index in [2.05, 4.69) is 31.1 Å². The molecule has 2 rings (SSSR count). The molecule has 3 heteroatoms. The van der Waals surface area contributed by atoms with E-state index >= 15 is 0 Å². The van der Waals surface area contributed by atoms with Crippen LogP contribution in [0.2, 0.25) is 0 Å². The lowest BCUT2D eigenvalue weighted by molar-refractivity contribution is 0.590. The minimum atomic E-state index is -0.222. The second-order valence-electron chi connectivity index (χ2n) is 5.50. The summed E-state index contributed by atoms with van der Waals surface area (Å²) in [6.07, 6.45) is 0. The highest BCUT2D eigenvalue weighted by atomic mass is 19.1. The number of hydrogen-bond acceptors (Lipinski definition) is 2. The maximum absolute atomic E-state index is 13.3. The Bertz CT molecular complexity index is 570. The molecule has 0 unspecified atom stereocenters. The summed E-state index contributed by atoms with van der Waals surface area (Å²) in [5.74, 6) is 0.671. The van der Waals surface area contributed by atoms with E-state index in [9.17, 15) is 4.39 Å². The summed E-state index contributed by atoms with van der Waals surface area (Å²) in [6.45, 7) is 9.27. The molecule has 96 valence electrons. The number of benzene rings is 1. The quantitative estimate of drug-likeness (QED) is 0.862. The van der Waals surface area contributed by atoms with Gasteiger partial charge in [0.1, 0.15) is 11.6 Å². The SMILES string of the molecule is CCNc1nc2ccc(F)cc2cc1C(C)(C)C. The van der Waals surface area contributed by atoms with Gasteiger partial charge in [0, 0.05) is 17.5 Å². The van der Waals surface area contributed by atoms with Crippen molar-refractivity contribution < 1.29 is 4.39 Å². The van der Waals surface area contributed by atoms with E-state index in [0.29, 0.717) is 0 Å². The first kappa shape index (κ1) is 12.8. The van der Waals surface area contributed by atoms with Crippen LogP contribution in [0.1, 0.15) is 33.3 Å². The molecule has 0 aliphatic heterocycles. The molecule has 0 amide bonds. The molecular weight excluding hydrogens is 227 g/mol. The van der Waals surface area contributed by atoms with Crippen molar-refractivity contribution in [3.8, 4) is 0 Å². The third-order valence-electron chi connectivity index (χ3n) is 2.93. The fourth-order valence-electron chi connectivity index (χ4n) is 2.02. The third kappa shape index (κ3) is 2.45. The Morgan fingerprint density at radius 3 is 2.56 bits per heavy atom. The number of hydrogen-bond donors (Lipinski definition) is 1. The number of nitrogens with zero attached hydrogens (tertiary/aromatic N) is 1. The highest BCUT2D eigenvalue weighted by Gasteiger charge is 2.19. The van der Waals surface area contributed by atoms with Crippen molar-refractivity contribution in [2.24, 2.45) is 0 Å². The summed E-state index contributed by atoms with van der Waals surface area (Å²) < 4.78 is 13.3. The zero-order chi connectivity index (χ0) is 13.3. The van der Waals surface area contributed by atoms with Gasteiger partial charge < -0.3 is 5.32 Å². The molecule has 1 aromatic carbocycles. The molecule has 2 nitrogen and oxygen atoms in total. The molecule has 1 aromatic heterocycles. The summed E-state index contributed by atoms with van der Waals surface area (Å²) in [4.78, 5) is 4.59. The summed E-state index contributed by atoms with van der Waals surface area (Å²) >= 11 is 0. The van der Waals surface area contributed by atoms with Crippen molar-refractivity contribution in [2.45, 2.75) is 33.1 Å². The van der Waals surface area contributed by atoms with Crippen molar-refractivity contribution in [1.82, 2.24) is 4.98 Å². The zero-order valence-electron chi connectivity index (χ0n) is 11.3. The molecule has 0 aliphatic rings. The minimum absolute atomic E-state index is 0.0228. The average Bonchev–Trinajstić information content (AvgIpc) is 2.27. The molecular formula is C15H19FN2. The average molecular weight is 246 g/mol. The molecule has 1 N–H and O–H groups in total. The van der Waals surface area contributed by atoms with Gasteiger partial charge in [0.2, 0.25) is 0 Å². The largest absolute Gasteiger partial charge is 0.370 e. The Kier molecular flexibility index (Phi) is 3.24. The number of fused-ring (bicyclic) bond motifs is 1. The topological polar surface area (TPSA) is 24.9 Å². The third-order valence-corrected chi connectivity index (χ3v) is 2.93. The lowest BCUT2D eigenvalue weighted by atomic mass is 9.86. The van der Waals surface area contributed by atoms with Crippen molar-refractivity contribution in [3.05, 3.63) is 35.6 Å². The molecule has 0 radical (unpaired) electrons. The van der Waals surface area contributed by atoms with Gasteiger partial charge in [-0.25, -0.2) is 9.37 Å². The Balaban J connectivity index is 2.69. The van der Waals surface area contributed by atoms with E-state index in [-0.39, 0.29) is 11.2 Å². The Labute approximate surface area is 107 Å². The van der Waals surface area contributed by atoms with Crippen LogP contribution in [0.25, 0.3) is 10.9 Å². The maximum atomic E-state index is 13.3. The molecule has 0 aliphatic carbocycles. The highest BCUT2D eigenvalue weighted by molar-refractivity contribution is 5.82. The first-order valence-corrected chi connectivity index (χ1v) is 6.26. The van der Waals surface area contributed by atoms with Gasteiger partial charge in [-0.05, 0) is 36.6 Å². The standard InChI is InChI=1S/C15H19FN2/c1-5-17-14-12(15(2,3)4)9-10-8-11(16)6-7-13(10)18-14/h6-9H,5H2,1-4H3,(H,17,18). The molecule has 0 fully saturated rings. The van der Waals surface area contributed by atoms with Crippen molar-refractivity contribution in [3.63, 3.8) is 0 Å². The molecule has 0 bridgehead atoms. The molecule has 2 aromatic rings. The second kappa shape index (κ2) is 4.56. The van der Waals surface area contributed by atoms with Crippen LogP contribution in [-0.4, -0.2) is 11.5 Å². The van der Waals surface area contributed by atoms with E-state index in [0.717, 1.165) is 28.8 Å². The number of aromatic nitrogens is 1. The van der Waals surface area contributed by atoms with Crippen molar-refractivity contribution >= 4 is 16.7 Å². The summed E-state index contributed by atoms with van der Waals surface area (Å²) in [5, 5.41) is 4.13. The number of rotatable bonds is 2. The van der Waals surface area contributed by atoms with Crippen LogP contribution in [0.5, 0.6) is 0 Å². The van der Waals surface area contributed by atoms with Gasteiger partial charge in [-0.1, -0.05) is 20.8 Å². The van der Waals surface area contributed by atoms with Gasteiger partial charge >= 0.3 is 0 Å². The van der Waals surface area contributed by atoms with Crippen LogP contribution in [0.15, 0.2) is 24.3 Å². The molecule has 0 saturated carbocycles. The normalized spacial score (nSPS) is 11.8. The number of nitrogens with one attached hydrogen (secondary N) is 1. The van der Waals surface area contributed by atoms with Crippen molar-refractivity contribution in [2.75, 3.05) is 11.9 Å². The predicted molar refractivity (Wildman–Crippen MR) is 74.6 cm³/mol. The molecule has 0 atom stereocenters.